The zero-order chi connectivity index (χ0) is 19.5. The Morgan fingerprint density at radius 3 is 2.96 bits per heavy atom. The molecule has 0 spiro atoms. The third-order valence-electron chi connectivity index (χ3n) is 3.70. The van der Waals surface area contributed by atoms with Crippen LogP contribution in [-0.4, -0.2) is 32.9 Å². The van der Waals surface area contributed by atoms with E-state index in [9.17, 15) is 9.59 Å². The summed E-state index contributed by atoms with van der Waals surface area (Å²) in [5, 5.41) is 6.86. The summed E-state index contributed by atoms with van der Waals surface area (Å²) in [7, 11) is 0. The molecule has 4 rings (SSSR count). The largest absolute Gasteiger partial charge is 0.455 e. The molecule has 0 atom stereocenters. The quantitative estimate of drug-likeness (QED) is 0.425. The van der Waals surface area contributed by atoms with E-state index in [0.29, 0.717) is 10.8 Å². The lowest BCUT2D eigenvalue weighted by molar-refractivity contribution is -0.146. The molecule has 0 radical (unpaired) electrons. The Hall–Kier alpha value is -2.56. The van der Waals surface area contributed by atoms with Gasteiger partial charge in [-0.05, 0) is 12.1 Å². The number of amides is 1. The van der Waals surface area contributed by atoms with E-state index in [0.717, 1.165) is 20.7 Å². The lowest BCUT2D eigenvalue weighted by atomic mass is 10.2. The number of fused-ring (bicyclic) bond motifs is 1. The monoisotopic (exact) mass is 476 g/mol. The van der Waals surface area contributed by atoms with Crippen LogP contribution in [0.25, 0.3) is 16.2 Å². The highest BCUT2D eigenvalue weighted by Gasteiger charge is 2.13. The predicted molar refractivity (Wildman–Crippen MR) is 112 cm³/mol. The van der Waals surface area contributed by atoms with Gasteiger partial charge in [0.05, 0.1) is 17.8 Å². The third kappa shape index (κ3) is 4.46. The number of rotatable bonds is 6. The Morgan fingerprint density at radius 1 is 1.25 bits per heavy atom. The number of hydrogen-bond donors (Lipinski definition) is 1. The Labute approximate surface area is 176 Å². The standard InChI is InChI=1S/C18H13BrN4O3S2/c19-12-3-1-2-11(6-12)14-10-28-17(21-14)22-15(24)9-26-16(25)7-13-8-23-4-5-27-18(23)20-13/h1-6,8,10H,7,9H2,(H,21,22,24). The third-order valence-corrected chi connectivity index (χ3v) is 5.73. The Morgan fingerprint density at radius 2 is 2.14 bits per heavy atom. The van der Waals surface area contributed by atoms with Gasteiger partial charge in [-0.1, -0.05) is 28.1 Å². The van der Waals surface area contributed by atoms with Crippen molar-refractivity contribution < 1.29 is 14.3 Å². The van der Waals surface area contributed by atoms with Crippen LogP contribution in [0.15, 0.2) is 51.9 Å². The molecule has 0 fully saturated rings. The molecule has 0 saturated heterocycles. The van der Waals surface area contributed by atoms with E-state index in [1.165, 1.54) is 22.7 Å². The van der Waals surface area contributed by atoms with Gasteiger partial charge in [-0.25, -0.2) is 9.97 Å². The van der Waals surface area contributed by atoms with Crippen molar-refractivity contribution in [3.05, 3.63) is 57.6 Å². The van der Waals surface area contributed by atoms with Crippen LogP contribution in [0.2, 0.25) is 0 Å². The molecule has 7 nitrogen and oxygen atoms in total. The van der Waals surface area contributed by atoms with Crippen LogP contribution in [0.1, 0.15) is 5.69 Å². The number of imidazole rings is 1. The van der Waals surface area contributed by atoms with Crippen LogP contribution in [-0.2, 0) is 20.7 Å². The summed E-state index contributed by atoms with van der Waals surface area (Å²) < 4.78 is 7.82. The maximum absolute atomic E-state index is 12.0. The van der Waals surface area contributed by atoms with Crippen molar-refractivity contribution in [1.82, 2.24) is 14.4 Å². The van der Waals surface area contributed by atoms with Gasteiger partial charge in [-0.15, -0.1) is 22.7 Å². The fourth-order valence-corrected chi connectivity index (χ4v) is 4.33. The number of nitrogens with one attached hydrogen (secondary N) is 1. The van der Waals surface area contributed by atoms with E-state index in [4.69, 9.17) is 4.74 Å². The zero-order valence-corrected chi connectivity index (χ0v) is 17.5. The fraction of sp³-hybridized carbons (Fsp3) is 0.111. The molecule has 28 heavy (non-hydrogen) atoms. The summed E-state index contributed by atoms with van der Waals surface area (Å²) in [5.41, 5.74) is 2.31. The first-order chi connectivity index (χ1) is 13.6. The van der Waals surface area contributed by atoms with E-state index >= 15 is 0 Å². The van der Waals surface area contributed by atoms with Gasteiger partial charge in [-0.3, -0.25) is 19.3 Å². The summed E-state index contributed by atoms with van der Waals surface area (Å²) in [6.45, 7) is -0.368. The van der Waals surface area contributed by atoms with Crippen molar-refractivity contribution >= 4 is 60.6 Å². The van der Waals surface area contributed by atoms with E-state index in [-0.39, 0.29) is 13.0 Å². The molecule has 10 heteroatoms. The molecule has 0 saturated carbocycles. The minimum absolute atomic E-state index is 0.0198. The van der Waals surface area contributed by atoms with Gasteiger partial charge >= 0.3 is 5.97 Å². The predicted octanol–water partition coefficient (Wildman–Crippen LogP) is 4.01. The van der Waals surface area contributed by atoms with Crippen LogP contribution >= 0.6 is 38.6 Å². The average molecular weight is 477 g/mol. The molecular formula is C18H13BrN4O3S2. The first kappa shape index (κ1) is 18.8. The molecule has 0 bridgehead atoms. The van der Waals surface area contributed by atoms with Crippen molar-refractivity contribution in [2.75, 3.05) is 11.9 Å². The van der Waals surface area contributed by atoms with E-state index < -0.39 is 11.9 Å². The minimum Gasteiger partial charge on any atom is -0.455 e. The van der Waals surface area contributed by atoms with Gasteiger partial charge in [0.2, 0.25) is 0 Å². The van der Waals surface area contributed by atoms with Gasteiger partial charge in [0.25, 0.3) is 5.91 Å². The number of esters is 1. The summed E-state index contributed by atoms with van der Waals surface area (Å²) in [4.78, 5) is 33.5. The molecule has 0 aliphatic heterocycles. The van der Waals surface area contributed by atoms with Gasteiger partial charge < -0.3 is 4.74 Å². The Balaban J connectivity index is 1.28. The van der Waals surface area contributed by atoms with Crippen molar-refractivity contribution in [1.29, 1.82) is 0 Å². The highest BCUT2D eigenvalue weighted by atomic mass is 79.9. The minimum atomic E-state index is -0.505. The number of aromatic nitrogens is 3. The molecule has 142 valence electrons. The summed E-state index contributed by atoms with van der Waals surface area (Å²) >= 11 is 6.22. The molecular weight excluding hydrogens is 464 g/mol. The van der Waals surface area contributed by atoms with Crippen molar-refractivity contribution in [2.24, 2.45) is 0 Å². The van der Waals surface area contributed by atoms with Crippen molar-refractivity contribution in [2.45, 2.75) is 6.42 Å². The van der Waals surface area contributed by atoms with Gasteiger partial charge in [0, 0.05) is 33.2 Å². The number of nitrogens with zero attached hydrogens (tertiary/aromatic N) is 3. The van der Waals surface area contributed by atoms with Gasteiger partial charge in [-0.2, -0.15) is 0 Å². The second-order valence-corrected chi connectivity index (χ2v) is 8.41. The number of ether oxygens (including phenoxy) is 1. The van der Waals surface area contributed by atoms with E-state index in [2.05, 4.69) is 31.2 Å². The van der Waals surface area contributed by atoms with Crippen molar-refractivity contribution in [3.63, 3.8) is 0 Å². The maximum Gasteiger partial charge on any atom is 0.312 e. The molecule has 0 unspecified atom stereocenters. The SMILES string of the molecule is O=C(COC(=O)Cc1cn2ccsc2n1)Nc1nc(-c2cccc(Br)c2)cs1. The number of carbonyl (C=O) groups excluding carboxylic acids is 2. The van der Waals surface area contributed by atoms with Crippen LogP contribution in [0.5, 0.6) is 0 Å². The van der Waals surface area contributed by atoms with Crippen LogP contribution < -0.4 is 5.32 Å². The second kappa shape index (κ2) is 8.21. The molecule has 0 aliphatic carbocycles. The van der Waals surface area contributed by atoms with Crippen molar-refractivity contribution in [3.8, 4) is 11.3 Å². The number of hydrogen-bond acceptors (Lipinski definition) is 7. The van der Waals surface area contributed by atoms with Crippen LogP contribution in [0.3, 0.4) is 0 Å². The van der Waals surface area contributed by atoms with Crippen LogP contribution in [0.4, 0.5) is 5.13 Å². The topological polar surface area (TPSA) is 85.6 Å². The summed E-state index contributed by atoms with van der Waals surface area (Å²) in [6.07, 6.45) is 3.66. The maximum atomic E-state index is 12.0. The normalized spacial score (nSPS) is 10.9. The summed E-state index contributed by atoms with van der Waals surface area (Å²) in [6, 6.07) is 7.73. The highest BCUT2D eigenvalue weighted by Crippen LogP contribution is 2.26. The molecule has 3 heterocycles. The number of thiazole rings is 2. The fourth-order valence-electron chi connectivity index (χ4n) is 2.47. The molecule has 1 aromatic carbocycles. The zero-order valence-electron chi connectivity index (χ0n) is 14.3. The number of anilines is 1. The number of carbonyl (C=O) groups is 2. The van der Waals surface area contributed by atoms with Gasteiger partial charge in [0.1, 0.15) is 0 Å². The number of benzene rings is 1. The number of halogens is 1. The van der Waals surface area contributed by atoms with Crippen LogP contribution in [0, 0.1) is 0 Å². The first-order valence-corrected chi connectivity index (χ1v) is 10.7. The second-order valence-electron chi connectivity index (χ2n) is 5.76. The lowest BCUT2D eigenvalue weighted by Gasteiger charge is -2.03. The lowest BCUT2D eigenvalue weighted by Crippen LogP contribution is -2.21. The van der Waals surface area contributed by atoms with E-state index in [1.807, 2.05) is 45.6 Å². The molecule has 1 N–H and O–H groups in total. The average Bonchev–Trinajstić information content (AvgIpc) is 3.36. The summed E-state index contributed by atoms with van der Waals surface area (Å²) in [5.74, 6) is -0.941. The Kier molecular flexibility index (Phi) is 5.51. The first-order valence-electron chi connectivity index (χ1n) is 8.15. The molecule has 1 amide bonds. The Bertz CT molecular complexity index is 1120. The smallest absolute Gasteiger partial charge is 0.312 e. The molecule has 4 aromatic rings. The highest BCUT2D eigenvalue weighted by molar-refractivity contribution is 9.10. The van der Waals surface area contributed by atoms with E-state index in [1.54, 1.807) is 6.20 Å². The van der Waals surface area contributed by atoms with Gasteiger partial charge in [0.15, 0.2) is 16.7 Å². The molecule has 0 aliphatic rings. The molecule has 3 aromatic heterocycles.